The number of methoxy groups -OCH3 is 1. The molecule has 4 aliphatic carbocycles. The zero-order valence-corrected chi connectivity index (χ0v) is 15.1. The molecule has 1 heterocycles. The highest BCUT2D eigenvalue weighted by Gasteiger charge is 2.71. The lowest BCUT2D eigenvalue weighted by molar-refractivity contribution is -0.144. The number of rotatable bonds is 1. The molecule has 0 aromatic carbocycles. The number of hydrogen-bond acceptors (Lipinski definition) is 3. The first-order valence-electron chi connectivity index (χ1n) is 9.55. The van der Waals surface area contributed by atoms with E-state index in [1.165, 1.54) is 12.0 Å². The zero-order chi connectivity index (χ0) is 16.7. The minimum Gasteiger partial charge on any atom is -0.501 e. The Bertz CT molecular complexity index is 671. The molecule has 5 rings (SSSR count). The third-order valence-electron chi connectivity index (χ3n) is 8.47. The molecular formula is C21H28O3. The molecule has 130 valence electrons. The van der Waals surface area contributed by atoms with Gasteiger partial charge in [-0.2, -0.15) is 0 Å². The molecule has 1 aliphatic heterocycles. The second-order valence-electron chi connectivity index (χ2n) is 9.26. The Morgan fingerprint density at radius 3 is 2.79 bits per heavy atom. The van der Waals surface area contributed by atoms with Gasteiger partial charge in [0.05, 0.1) is 25.1 Å². The summed E-state index contributed by atoms with van der Waals surface area (Å²) in [6, 6.07) is 0. The van der Waals surface area contributed by atoms with Crippen molar-refractivity contribution in [2.24, 2.45) is 28.6 Å². The molecule has 0 bridgehead atoms. The first-order valence-corrected chi connectivity index (χ1v) is 9.55. The number of hydrogen-bond donors (Lipinski definition) is 0. The van der Waals surface area contributed by atoms with Gasteiger partial charge in [-0.15, -0.1) is 0 Å². The van der Waals surface area contributed by atoms with Gasteiger partial charge in [0.2, 0.25) is 0 Å². The predicted molar refractivity (Wildman–Crippen MR) is 91.3 cm³/mol. The van der Waals surface area contributed by atoms with E-state index in [-0.39, 0.29) is 22.3 Å². The summed E-state index contributed by atoms with van der Waals surface area (Å²) in [6.07, 6.45) is 10.8. The van der Waals surface area contributed by atoms with Gasteiger partial charge >= 0.3 is 0 Å². The number of carbonyl (C=O) groups is 1. The summed E-state index contributed by atoms with van der Waals surface area (Å²) in [7, 11) is 1.76. The number of fused-ring (bicyclic) bond motifs is 6. The smallest absolute Gasteiger partial charge is 0.137 e. The van der Waals surface area contributed by atoms with Crippen molar-refractivity contribution in [1.29, 1.82) is 0 Å². The summed E-state index contributed by atoms with van der Waals surface area (Å²) >= 11 is 0. The minimum absolute atomic E-state index is 0.00349. The summed E-state index contributed by atoms with van der Waals surface area (Å²) in [4.78, 5) is 13.4. The van der Waals surface area contributed by atoms with E-state index in [1.54, 1.807) is 7.11 Å². The fourth-order valence-corrected chi connectivity index (χ4v) is 6.93. The van der Waals surface area contributed by atoms with Crippen molar-refractivity contribution in [3.05, 3.63) is 23.5 Å². The maximum absolute atomic E-state index is 13.4. The van der Waals surface area contributed by atoms with Gasteiger partial charge in [0.15, 0.2) is 0 Å². The standard InChI is InChI=1S/C21H28O3/c1-19-8-6-14(23-3)10-13(19)4-5-15-16-7-9-21(12-24-21)20(16,2)11-17(22)18(15)19/h4,10,15-16,18H,5-9,11-12H2,1-3H3/t15-,16+,18+,19+,20+,21+/m1/s1. The molecule has 6 atom stereocenters. The van der Waals surface area contributed by atoms with Crippen LogP contribution in [0.1, 0.15) is 52.4 Å². The summed E-state index contributed by atoms with van der Waals surface area (Å²) in [5.41, 5.74) is 1.47. The van der Waals surface area contributed by atoms with E-state index in [2.05, 4.69) is 26.0 Å². The zero-order valence-electron chi connectivity index (χ0n) is 15.1. The van der Waals surface area contributed by atoms with Crippen molar-refractivity contribution in [2.45, 2.75) is 58.0 Å². The lowest BCUT2D eigenvalue weighted by Gasteiger charge is -2.55. The van der Waals surface area contributed by atoms with E-state index < -0.39 is 0 Å². The Labute approximate surface area is 144 Å². The molecule has 2 saturated carbocycles. The largest absolute Gasteiger partial charge is 0.501 e. The Balaban J connectivity index is 1.57. The molecule has 1 saturated heterocycles. The highest BCUT2D eigenvalue weighted by atomic mass is 16.6. The highest BCUT2D eigenvalue weighted by molar-refractivity contribution is 5.85. The van der Waals surface area contributed by atoms with Gasteiger partial charge in [-0.05, 0) is 49.2 Å². The molecule has 0 unspecified atom stereocenters. The Kier molecular flexibility index (Phi) is 2.88. The highest BCUT2D eigenvalue weighted by Crippen LogP contribution is 2.69. The average molecular weight is 328 g/mol. The summed E-state index contributed by atoms with van der Waals surface area (Å²) in [6.45, 7) is 5.55. The number of ether oxygens (including phenoxy) is 2. The first-order chi connectivity index (χ1) is 11.4. The molecular weight excluding hydrogens is 300 g/mol. The molecule has 24 heavy (non-hydrogen) atoms. The van der Waals surface area contributed by atoms with E-state index in [0.29, 0.717) is 17.6 Å². The molecule has 0 amide bonds. The monoisotopic (exact) mass is 328 g/mol. The van der Waals surface area contributed by atoms with Crippen LogP contribution in [-0.4, -0.2) is 25.1 Å². The van der Waals surface area contributed by atoms with Gasteiger partial charge in [0, 0.05) is 29.6 Å². The van der Waals surface area contributed by atoms with E-state index >= 15 is 0 Å². The van der Waals surface area contributed by atoms with Crippen LogP contribution < -0.4 is 0 Å². The Morgan fingerprint density at radius 1 is 1.29 bits per heavy atom. The van der Waals surface area contributed by atoms with Crippen LogP contribution in [0.15, 0.2) is 23.5 Å². The predicted octanol–water partition coefficient (Wildman–Crippen LogP) is 4.04. The number of carbonyl (C=O) groups excluding carboxylic acids is 1. The number of allylic oxidation sites excluding steroid dienone is 4. The number of ketones is 1. The van der Waals surface area contributed by atoms with Gasteiger partial charge in [0.25, 0.3) is 0 Å². The van der Waals surface area contributed by atoms with Gasteiger partial charge in [-0.25, -0.2) is 0 Å². The van der Waals surface area contributed by atoms with Crippen LogP contribution in [0.2, 0.25) is 0 Å². The van der Waals surface area contributed by atoms with Crippen molar-refractivity contribution in [3.63, 3.8) is 0 Å². The second kappa shape index (κ2) is 4.55. The van der Waals surface area contributed by atoms with Crippen molar-refractivity contribution in [1.82, 2.24) is 0 Å². The molecule has 3 nitrogen and oxygen atoms in total. The van der Waals surface area contributed by atoms with Crippen molar-refractivity contribution < 1.29 is 14.3 Å². The summed E-state index contributed by atoms with van der Waals surface area (Å²) in [5, 5.41) is 0. The number of epoxide rings is 1. The van der Waals surface area contributed by atoms with Crippen LogP contribution in [0.3, 0.4) is 0 Å². The SMILES string of the molecule is COC1=CC2=CC[C@H]3[C@@H](C(=O)C[C@@]4(C)[C@H]3CC[C@]43CO3)[C@@]2(C)CC1. The van der Waals surface area contributed by atoms with Crippen molar-refractivity contribution in [3.8, 4) is 0 Å². The maximum atomic E-state index is 13.4. The van der Waals surface area contributed by atoms with Crippen LogP contribution in [0.4, 0.5) is 0 Å². The summed E-state index contributed by atoms with van der Waals surface area (Å²) < 4.78 is 11.4. The topological polar surface area (TPSA) is 38.8 Å². The van der Waals surface area contributed by atoms with Gasteiger partial charge in [-0.3, -0.25) is 4.79 Å². The molecule has 0 aromatic heterocycles. The molecule has 1 spiro atoms. The fraction of sp³-hybridized carbons (Fsp3) is 0.762. The molecule has 5 aliphatic rings. The van der Waals surface area contributed by atoms with Gasteiger partial charge in [-0.1, -0.05) is 19.9 Å². The van der Waals surface area contributed by atoms with Crippen LogP contribution in [0.5, 0.6) is 0 Å². The minimum atomic E-state index is 0.00349. The third-order valence-corrected chi connectivity index (χ3v) is 8.47. The third kappa shape index (κ3) is 1.65. The van der Waals surface area contributed by atoms with Crippen LogP contribution in [-0.2, 0) is 14.3 Å². The quantitative estimate of drug-likeness (QED) is 0.682. The Hall–Kier alpha value is -1.09. The van der Waals surface area contributed by atoms with E-state index in [4.69, 9.17) is 9.47 Å². The lowest BCUT2D eigenvalue weighted by atomic mass is 9.47. The molecule has 0 aromatic rings. The molecule has 0 radical (unpaired) electrons. The van der Waals surface area contributed by atoms with Gasteiger partial charge < -0.3 is 9.47 Å². The van der Waals surface area contributed by atoms with E-state index in [9.17, 15) is 4.79 Å². The lowest BCUT2D eigenvalue weighted by Crippen LogP contribution is -2.55. The Morgan fingerprint density at radius 2 is 2.08 bits per heavy atom. The average Bonchev–Trinajstić information content (AvgIpc) is 3.28. The van der Waals surface area contributed by atoms with Gasteiger partial charge in [0.1, 0.15) is 5.78 Å². The summed E-state index contributed by atoms with van der Waals surface area (Å²) in [5.74, 6) is 2.91. The van der Waals surface area contributed by atoms with E-state index in [0.717, 1.165) is 44.5 Å². The first kappa shape index (κ1) is 15.2. The second-order valence-corrected chi connectivity index (χ2v) is 9.26. The number of Topliss-reactive ketones (excluding diaryl/α,β-unsaturated/α-hetero) is 1. The van der Waals surface area contributed by atoms with Crippen molar-refractivity contribution >= 4 is 5.78 Å². The molecule has 3 heteroatoms. The molecule has 0 N–H and O–H groups in total. The fourth-order valence-electron chi connectivity index (χ4n) is 6.93. The maximum Gasteiger partial charge on any atom is 0.137 e. The van der Waals surface area contributed by atoms with E-state index in [1.807, 2.05) is 0 Å². The van der Waals surface area contributed by atoms with Crippen LogP contribution >= 0.6 is 0 Å². The molecule has 3 fully saturated rings. The van der Waals surface area contributed by atoms with Crippen LogP contribution in [0.25, 0.3) is 0 Å². The normalized spacial score (nSPS) is 52.1. The van der Waals surface area contributed by atoms with Crippen LogP contribution in [0, 0.1) is 28.6 Å². The van der Waals surface area contributed by atoms with Crippen molar-refractivity contribution in [2.75, 3.05) is 13.7 Å².